The van der Waals surface area contributed by atoms with Gasteiger partial charge in [0.1, 0.15) is 11.7 Å². The average Bonchev–Trinajstić information content (AvgIpc) is 3.01. The Bertz CT molecular complexity index is 1110. The number of nitro benzene ring substituents is 1. The lowest BCUT2D eigenvalue weighted by Gasteiger charge is -2.25. The van der Waals surface area contributed by atoms with E-state index in [1.165, 1.54) is 24.3 Å². The molecule has 0 aromatic heterocycles. The molecule has 1 aliphatic heterocycles. The van der Waals surface area contributed by atoms with E-state index < -0.39 is 41.3 Å². The number of amides is 3. The van der Waals surface area contributed by atoms with Crippen LogP contribution in [0.15, 0.2) is 42.5 Å². The minimum Gasteiger partial charge on any atom is -0.454 e. The standard InChI is InChI=1S/C23H23N3O7/c1-13(2)10-19(25-21(28)15-6-4-5-7-16(15)22(25)29)23(30)33-12-20(27)24-17-9-8-14(3)11-18(17)26(31)32/h4-9,11,13,19H,10,12H2,1-3H3,(H,24,27)/t19-/m0/s1. The smallest absolute Gasteiger partial charge is 0.329 e. The van der Waals surface area contributed by atoms with Crippen LogP contribution in [0, 0.1) is 23.0 Å². The summed E-state index contributed by atoms with van der Waals surface area (Å²) in [6, 6.07) is 9.34. The molecule has 1 heterocycles. The number of benzene rings is 2. The number of nitro groups is 1. The van der Waals surface area contributed by atoms with Crippen LogP contribution in [0.4, 0.5) is 11.4 Å². The third-order valence-corrected chi connectivity index (χ3v) is 5.07. The number of anilines is 1. The fraction of sp³-hybridized carbons (Fsp3) is 0.304. The number of fused-ring (bicyclic) bond motifs is 1. The van der Waals surface area contributed by atoms with E-state index in [4.69, 9.17) is 4.74 Å². The lowest BCUT2D eigenvalue weighted by atomic mass is 10.0. The second-order valence-corrected chi connectivity index (χ2v) is 8.10. The molecule has 0 radical (unpaired) electrons. The predicted octanol–water partition coefficient (Wildman–Crippen LogP) is 3.10. The number of imide groups is 1. The summed E-state index contributed by atoms with van der Waals surface area (Å²) >= 11 is 0. The molecule has 33 heavy (non-hydrogen) atoms. The van der Waals surface area contributed by atoms with E-state index in [1.807, 2.05) is 13.8 Å². The van der Waals surface area contributed by atoms with Gasteiger partial charge in [-0.05, 0) is 43.0 Å². The maximum absolute atomic E-state index is 12.8. The highest BCUT2D eigenvalue weighted by atomic mass is 16.6. The van der Waals surface area contributed by atoms with Crippen LogP contribution in [-0.4, -0.2) is 46.2 Å². The first-order chi connectivity index (χ1) is 15.6. The molecule has 0 fully saturated rings. The minimum absolute atomic E-state index is 0.0364. The zero-order valence-electron chi connectivity index (χ0n) is 18.4. The van der Waals surface area contributed by atoms with Crippen molar-refractivity contribution in [2.24, 2.45) is 5.92 Å². The molecule has 10 nitrogen and oxygen atoms in total. The summed E-state index contributed by atoms with van der Waals surface area (Å²) < 4.78 is 5.10. The number of hydrogen-bond donors (Lipinski definition) is 1. The fourth-order valence-electron chi connectivity index (χ4n) is 3.56. The summed E-state index contributed by atoms with van der Waals surface area (Å²) in [5.41, 5.74) is 0.717. The quantitative estimate of drug-likeness (QED) is 0.281. The van der Waals surface area contributed by atoms with E-state index in [0.29, 0.717) is 5.56 Å². The van der Waals surface area contributed by atoms with Gasteiger partial charge in [0.15, 0.2) is 6.61 Å². The van der Waals surface area contributed by atoms with Crippen molar-refractivity contribution in [3.63, 3.8) is 0 Å². The van der Waals surface area contributed by atoms with E-state index in [-0.39, 0.29) is 34.8 Å². The molecule has 0 bridgehead atoms. The van der Waals surface area contributed by atoms with Gasteiger partial charge in [0, 0.05) is 6.07 Å². The van der Waals surface area contributed by atoms with E-state index in [1.54, 1.807) is 25.1 Å². The van der Waals surface area contributed by atoms with Crippen molar-refractivity contribution in [1.29, 1.82) is 0 Å². The Kier molecular flexibility index (Phi) is 6.86. The lowest BCUT2D eigenvalue weighted by Crippen LogP contribution is -2.46. The molecular formula is C23H23N3O7. The van der Waals surface area contributed by atoms with Crippen LogP contribution in [-0.2, 0) is 14.3 Å². The molecule has 2 aromatic carbocycles. The van der Waals surface area contributed by atoms with Crippen molar-refractivity contribution in [2.45, 2.75) is 33.2 Å². The monoisotopic (exact) mass is 453 g/mol. The number of rotatable bonds is 8. The summed E-state index contributed by atoms with van der Waals surface area (Å²) in [6.45, 7) is 4.58. The molecule has 1 atom stereocenters. The van der Waals surface area contributed by atoms with Crippen LogP contribution in [0.25, 0.3) is 0 Å². The van der Waals surface area contributed by atoms with Crippen molar-refractivity contribution in [3.8, 4) is 0 Å². The highest BCUT2D eigenvalue weighted by Gasteiger charge is 2.43. The van der Waals surface area contributed by atoms with Crippen LogP contribution in [0.5, 0.6) is 0 Å². The Balaban J connectivity index is 1.72. The molecule has 0 spiro atoms. The molecule has 0 saturated carbocycles. The maximum Gasteiger partial charge on any atom is 0.329 e. The van der Waals surface area contributed by atoms with Gasteiger partial charge in [-0.15, -0.1) is 0 Å². The third-order valence-electron chi connectivity index (χ3n) is 5.07. The van der Waals surface area contributed by atoms with Crippen molar-refractivity contribution >= 4 is 35.1 Å². The van der Waals surface area contributed by atoms with Gasteiger partial charge < -0.3 is 10.1 Å². The number of aryl methyl sites for hydroxylation is 1. The Hall–Kier alpha value is -4.08. The SMILES string of the molecule is Cc1ccc(NC(=O)COC(=O)[C@H](CC(C)C)N2C(=O)c3ccccc3C2=O)c([N+](=O)[O-])c1. The van der Waals surface area contributed by atoms with Crippen molar-refractivity contribution < 1.29 is 28.8 Å². The molecule has 1 N–H and O–H groups in total. The van der Waals surface area contributed by atoms with Gasteiger partial charge in [0.2, 0.25) is 0 Å². The first-order valence-electron chi connectivity index (χ1n) is 10.3. The van der Waals surface area contributed by atoms with Crippen molar-refractivity contribution in [3.05, 3.63) is 69.3 Å². The second-order valence-electron chi connectivity index (χ2n) is 8.10. The van der Waals surface area contributed by atoms with Gasteiger partial charge >= 0.3 is 5.97 Å². The second kappa shape index (κ2) is 9.60. The molecule has 3 rings (SSSR count). The zero-order chi connectivity index (χ0) is 24.3. The number of ether oxygens (including phenoxy) is 1. The first-order valence-corrected chi connectivity index (χ1v) is 10.3. The van der Waals surface area contributed by atoms with Gasteiger partial charge in [0.05, 0.1) is 16.1 Å². The number of carbonyl (C=O) groups is 4. The fourth-order valence-corrected chi connectivity index (χ4v) is 3.56. The normalized spacial score (nSPS) is 13.6. The van der Waals surface area contributed by atoms with Crippen LogP contribution in [0.2, 0.25) is 0 Å². The molecular weight excluding hydrogens is 430 g/mol. The van der Waals surface area contributed by atoms with E-state index in [0.717, 1.165) is 4.90 Å². The minimum atomic E-state index is -1.21. The van der Waals surface area contributed by atoms with Gasteiger partial charge in [-0.25, -0.2) is 4.79 Å². The average molecular weight is 453 g/mol. The first kappa shape index (κ1) is 23.6. The Morgan fingerprint density at radius 3 is 2.24 bits per heavy atom. The maximum atomic E-state index is 12.8. The topological polar surface area (TPSA) is 136 Å². The third kappa shape index (κ3) is 5.05. The van der Waals surface area contributed by atoms with Crippen molar-refractivity contribution in [1.82, 2.24) is 4.90 Å². The predicted molar refractivity (Wildman–Crippen MR) is 118 cm³/mol. The van der Waals surface area contributed by atoms with Gasteiger partial charge in [0.25, 0.3) is 23.4 Å². The molecule has 2 aromatic rings. The van der Waals surface area contributed by atoms with Crippen LogP contribution in [0.3, 0.4) is 0 Å². The van der Waals surface area contributed by atoms with E-state index >= 15 is 0 Å². The Labute approximate surface area is 189 Å². The largest absolute Gasteiger partial charge is 0.454 e. The zero-order valence-corrected chi connectivity index (χ0v) is 18.4. The molecule has 0 unspecified atom stereocenters. The molecule has 0 saturated heterocycles. The molecule has 1 aliphatic rings. The van der Waals surface area contributed by atoms with Gasteiger partial charge in [-0.1, -0.05) is 32.0 Å². The summed E-state index contributed by atoms with van der Waals surface area (Å²) in [4.78, 5) is 62.2. The number of esters is 1. The highest BCUT2D eigenvalue weighted by molar-refractivity contribution is 6.22. The van der Waals surface area contributed by atoms with Crippen LogP contribution < -0.4 is 5.32 Å². The van der Waals surface area contributed by atoms with E-state index in [9.17, 15) is 29.3 Å². The molecule has 3 amide bonds. The molecule has 0 aliphatic carbocycles. The number of carbonyl (C=O) groups excluding carboxylic acids is 4. The van der Waals surface area contributed by atoms with Crippen LogP contribution in [0.1, 0.15) is 46.5 Å². The number of nitrogens with one attached hydrogen (secondary N) is 1. The highest BCUT2D eigenvalue weighted by Crippen LogP contribution is 2.28. The summed E-state index contributed by atoms with van der Waals surface area (Å²) in [5, 5.41) is 13.6. The van der Waals surface area contributed by atoms with Crippen LogP contribution >= 0.6 is 0 Å². The Morgan fingerprint density at radius 1 is 1.09 bits per heavy atom. The lowest BCUT2D eigenvalue weighted by molar-refractivity contribution is -0.384. The Morgan fingerprint density at radius 2 is 1.70 bits per heavy atom. The molecule has 172 valence electrons. The van der Waals surface area contributed by atoms with Gasteiger partial charge in [-0.2, -0.15) is 0 Å². The molecule has 10 heteroatoms. The van der Waals surface area contributed by atoms with Gasteiger partial charge in [-0.3, -0.25) is 29.4 Å². The number of nitrogens with zero attached hydrogens (tertiary/aromatic N) is 2. The summed E-state index contributed by atoms with van der Waals surface area (Å²) in [6.07, 6.45) is 0.148. The summed E-state index contributed by atoms with van der Waals surface area (Å²) in [7, 11) is 0. The van der Waals surface area contributed by atoms with E-state index in [2.05, 4.69) is 5.32 Å². The van der Waals surface area contributed by atoms with Crippen molar-refractivity contribution in [2.75, 3.05) is 11.9 Å². The summed E-state index contributed by atoms with van der Waals surface area (Å²) in [5.74, 6) is -2.96. The number of hydrogen-bond acceptors (Lipinski definition) is 7.